The molecule has 2 aromatic carbocycles. The first kappa shape index (κ1) is 23.1. The molecule has 1 aliphatic rings. The van der Waals surface area contributed by atoms with Gasteiger partial charge in [0.05, 0.1) is 17.4 Å². The zero-order valence-electron chi connectivity index (χ0n) is 20.2. The maximum Gasteiger partial charge on any atom is 0.253 e. The van der Waals surface area contributed by atoms with E-state index in [-0.39, 0.29) is 11.9 Å². The Morgan fingerprint density at radius 1 is 1.24 bits per heavy atom. The summed E-state index contributed by atoms with van der Waals surface area (Å²) in [4.78, 5) is 16.6. The minimum atomic E-state index is 0.0175. The third kappa shape index (κ3) is 4.40. The first-order chi connectivity index (χ1) is 16.3. The van der Waals surface area contributed by atoms with Crippen LogP contribution in [0.5, 0.6) is 0 Å². The molecule has 0 N–H and O–H groups in total. The Kier molecular flexibility index (Phi) is 6.43. The number of aromatic nitrogens is 2. The molecule has 4 rings (SSSR count). The second-order valence-electron chi connectivity index (χ2n) is 8.99. The van der Waals surface area contributed by atoms with E-state index in [0.29, 0.717) is 25.1 Å². The van der Waals surface area contributed by atoms with Gasteiger partial charge in [-0.15, -0.1) is 6.42 Å². The van der Waals surface area contributed by atoms with Crippen molar-refractivity contribution in [1.29, 1.82) is 5.26 Å². The number of aryl methyl sites for hydroxylation is 2. The number of likely N-dealkylation sites (tertiary alicyclic amines) is 1. The number of nitrogens with zero attached hydrogens (tertiary/aromatic N) is 5. The van der Waals surface area contributed by atoms with Gasteiger partial charge in [0.1, 0.15) is 0 Å². The summed E-state index contributed by atoms with van der Waals surface area (Å²) in [5.74, 6) is 2.72. The smallest absolute Gasteiger partial charge is 0.253 e. The van der Waals surface area contributed by atoms with Crippen LogP contribution in [-0.2, 0) is 6.42 Å². The number of carbonyl (C=O) groups is 1. The van der Waals surface area contributed by atoms with E-state index in [0.717, 1.165) is 45.7 Å². The number of hydrogen-bond donors (Lipinski definition) is 0. The summed E-state index contributed by atoms with van der Waals surface area (Å²) in [6.45, 7) is 7.35. The number of hydrogen-bond acceptors (Lipinski definition) is 4. The van der Waals surface area contributed by atoms with Gasteiger partial charge >= 0.3 is 0 Å². The third-order valence-electron chi connectivity index (χ3n) is 6.76. The quantitative estimate of drug-likeness (QED) is 0.334. The fraction of sp³-hybridized carbons (Fsp3) is 0.321. The van der Waals surface area contributed by atoms with Crippen LogP contribution in [0.25, 0.3) is 5.69 Å². The van der Waals surface area contributed by atoms with E-state index in [4.69, 9.17) is 16.8 Å². The molecule has 6 nitrogen and oxygen atoms in total. The van der Waals surface area contributed by atoms with Crippen LogP contribution in [0.3, 0.4) is 0 Å². The Balaban J connectivity index is 1.55. The lowest BCUT2D eigenvalue weighted by molar-refractivity contribution is 0.0785. The first-order valence-corrected chi connectivity index (χ1v) is 11.5. The SMILES string of the molecule is C#Cc1ccc(-n2nc(C)c(Cc3cccc(C(=O)N4CCC(N(C)C#N)C4)c3)c2C)cc1C. The predicted molar refractivity (Wildman–Crippen MR) is 133 cm³/mol. The molecule has 1 saturated heterocycles. The predicted octanol–water partition coefficient (Wildman–Crippen LogP) is 4.00. The average Bonchev–Trinajstić information content (AvgIpc) is 3.44. The second kappa shape index (κ2) is 9.45. The summed E-state index contributed by atoms with van der Waals surface area (Å²) < 4.78 is 1.96. The Labute approximate surface area is 201 Å². The van der Waals surface area contributed by atoms with E-state index >= 15 is 0 Å². The highest BCUT2D eigenvalue weighted by atomic mass is 16.2. The molecule has 1 amide bonds. The summed E-state index contributed by atoms with van der Waals surface area (Å²) >= 11 is 0. The molecule has 1 unspecified atom stereocenters. The van der Waals surface area contributed by atoms with Crippen molar-refractivity contribution < 1.29 is 4.79 Å². The Morgan fingerprint density at radius 3 is 2.74 bits per heavy atom. The fourth-order valence-electron chi connectivity index (χ4n) is 4.65. The van der Waals surface area contributed by atoms with Gasteiger partial charge in [-0.2, -0.15) is 10.4 Å². The van der Waals surface area contributed by atoms with Gasteiger partial charge < -0.3 is 9.80 Å². The van der Waals surface area contributed by atoms with Crippen molar-refractivity contribution in [2.24, 2.45) is 0 Å². The summed E-state index contributed by atoms with van der Waals surface area (Å²) in [7, 11) is 1.77. The van der Waals surface area contributed by atoms with Gasteiger partial charge in [-0.05, 0) is 68.7 Å². The third-order valence-corrected chi connectivity index (χ3v) is 6.76. The van der Waals surface area contributed by atoms with Crippen molar-refractivity contribution in [2.75, 3.05) is 20.1 Å². The van der Waals surface area contributed by atoms with Crippen LogP contribution in [0.4, 0.5) is 0 Å². The van der Waals surface area contributed by atoms with Crippen LogP contribution in [0.1, 0.15) is 50.4 Å². The van der Waals surface area contributed by atoms with Crippen LogP contribution in [0.15, 0.2) is 42.5 Å². The molecule has 1 aliphatic heterocycles. The molecule has 1 fully saturated rings. The monoisotopic (exact) mass is 451 g/mol. The van der Waals surface area contributed by atoms with E-state index in [9.17, 15) is 4.79 Å². The lowest BCUT2D eigenvalue weighted by Gasteiger charge is -2.20. The van der Waals surface area contributed by atoms with E-state index in [1.165, 1.54) is 0 Å². The van der Waals surface area contributed by atoms with Gasteiger partial charge in [-0.1, -0.05) is 18.1 Å². The van der Waals surface area contributed by atoms with Gasteiger partial charge in [0.25, 0.3) is 5.91 Å². The zero-order chi connectivity index (χ0) is 24.4. The lowest BCUT2D eigenvalue weighted by Crippen LogP contribution is -2.34. The standard InChI is InChI=1S/C28H29N5O/c1-6-23-10-11-25(14-19(23)2)33-21(4)27(20(3)30-33)16-22-8-7-9-24(15-22)28(34)32-13-12-26(17-32)31(5)18-29/h1,7-11,14-15,26H,12-13,16-17H2,2-5H3. The van der Waals surface area contributed by atoms with Crippen molar-refractivity contribution in [1.82, 2.24) is 19.6 Å². The fourth-order valence-corrected chi connectivity index (χ4v) is 4.65. The maximum atomic E-state index is 13.1. The summed E-state index contributed by atoms with van der Waals surface area (Å²) in [6, 6.07) is 13.9. The van der Waals surface area contributed by atoms with E-state index in [2.05, 4.69) is 31.2 Å². The van der Waals surface area contributed by atoms with Crippen molar-refractivity contribution >= 4 is 5.91 Å². The summed E-state index contributed by atoms with van der Waals surface area (Å²) in [5.41, 5.74) is 7.86. The molecule has 3 aromatic rings. The molecule has 0 bridgehead atoms. The molecule has 172 valence electrons. The van der Waals surface area contributed by atoms with Crippen molar-refractivity contribution in [3.8, 4) is 24.2 Å². The highest BCUT2D eigenvalue weighted by Crippen LogP contribution is 2.24. The Morgan fingerprint density at radius 2 is 2.03 bits per heavy atom. The molecule has 0 saturated carbocycles. The zero-order valence-corrected chi connectivity index (χ0v) is 20.2. The molecule has 0 spiro atoms. The summed E-state index contributed by atoms with van der Waals surface area (Å²) in [6.07, 6.45) is 9.23. The molecule has 0 aliphatic carbocycles. The van der Waals surface area contributed by atoms with E-state index < -0.39 is 0 Å². The second-order valence-corrected chi connectivity index (χ2v) is 8.99. The van der Waals surface area contributed by atoms with E-state index in [1.54, 1.807) is 11.9 Å². The maximum absolute atomic E-state index is 13.1. The molecular weight excluding hydrogens is 422 g/mol. The summed E-state index contributed by atoms with van der Waals surface area (Å²) in [5, 5.41) is 13.9. The molecule has 1 atom stereocenters. The van der Waals surface area contributed by atoms with Crippen molar-refractivity contribution in [2.45, 2.75) is 39.7 Å². The van der Waals surface area contributed by atoms with Crippen LogP contribution in [0, 0.1) is 44.6 Å². The number of nitriles is 1. The van der Waals surface area contributed by atoms with Crippen LogP contribution >= 0.6 is 0 Å². The van der Waals surface area contributed by atoms with Gasteiger partial charge in [-0.3, -0.25) is 4.79 Å². The van der Waals surface area contributed by atoms with Crippen LogP contribution < -0.4 is 0 Å². The van der Waals surface area contributed by atoms with Crippen molar-refractivity contribution in [3.63, 3.8) is 0 Å². The number of amides is 1. The highest BCUT2D eigenvalue weighted by molar-refractivity contribution is 5.94. The van der Waals surface area contributed by atoms with Gasteiger partial charge in [0.15, 0.2) is 6.19 Å². The highest BCUT2D eigenvalue weighted by Gasteiger charge is 2.29. The topological polar surface area (TPSA) is 65.2 Å². The number of terminal acetylenes is 1. The molecule has 6 heteroatoms. The largest absolute Gasteiger partial charge is 0.336 e. The minimum Gasteiger partial charge on any atom is -0.336 e. The van der Waals surface area contributed by atoms with Crippen LogP contribution in [0.2, 0.25) is 0 Å². The molecule has 0 radical (unpaired) electrons. The van der Waals surface area contributed by atoms with Gasteiger partial charge in [0, 0.05) is 48.9 Å². The molecule has 1 aromatic heterocycles. The number of likely N-dealkylation sites (N-methyl/N-ethyl adjacent to an activating group) is 1. The van der Waals surface area contributed by atoms with Gasteiger partial charge in [0.2, 0.25) is 0 Å². The Bertz CT molecular complexity index is 1320. The molecular formula is C28H29N5O. The van der Waals surface area contributed by atoms with E-state index in [1.807, 2.05) is 53.8 Å². The average molecular weight is 452 g/mol. The number of benzene rings is 2. The van der Waals surface area contributed by atoms with Gasteiger partial charge in [-0.25, -0.2) is 4.68 Å². The number of rotatable bonds is 5. The van der Waals surface area contributed by atoms with Crippen LogP contribution in [-0.4, -0.2) is 51.7 Å². The first-order valence-electron chi connectivity index (χ1n) is 11.5. The Hall–Kier alpha value is -4.03. The lowest BCUT2D eigenvalue weighted by atomic mass is 10.0. The molecule has 34 heavy (non-hydrogen) atoms. The normalized spacial score (nSPS) is 15.1. The molecule has 2 heterocycles. The van der Waals surface area contributed by atoms with Crippen molar-refractivity contribution in [3.05, 3.63) is 81.7 Å². The minimum absolute atomic E-state index is 0.0175. The number of carbonyl (C=O) groups excluding carboxylic acids is 1.